The number of imide groups is 1. The van der Waals surface area contributed by atoms with Gasteiger partial charge in [0, 0.05) is 26.8 Å². The Bertz CT molecular complexity index is 837. The molecular formula is C17H22N4O4S. The van der Waals surface area contributed by atoms with Gasteiger partial charge in [-0.15, -0.1) is 0 Å². The molecule has 2 rings (SSSR count). The van der Waals surface area contributed by atoms with Gasteiger partial charge in [0.2, 0.25) is 5.91 Å². The monoisotopic (exact) mass is 378 g/mol. The Morgan fingerprint density at radius 2 is 2.08 bits per heavy atom. The summed E-state index contributed by atoms with van der Waals surface area (Å²) in [5, 5.41) is 5.69. The molecule has 0 aliphatic heterocycles. The van der Waals surface area contributed by atoms with E-state index in [9.17, 15) is 14.4 Å². The smallest absolute Gasteiger partial charge is 0.321 e. The second-order valence-electron chi connectivity index (χ2n) is 5.41. The number of nitrogens with zero attached hydrogens (tertiary/aromatic N) is 2. The van der Waals surface area contributed by atoms with Crippen molar-refractivity contribution in [2.75, 3.05) is 26.0 Å². The van der Waals surface area contributed by atoms with Crippen molar-refractivity contribution in [3.63, 3.8) is 0 Å². The molecule has 0 aliphatic carbocycles. The Kier molecular flexibility index (Phi) is 7.61. The Morgan fingerprint density at radius 1 is 1.31 bits per heavy atom. The molecule has 0 atom stereocenters. The lowest BCUT2D eigenvalue weighted by Gasteiger charge is -2.13. The maximum Gasteiger partial charge on any atom is 0.321 e. The van der Waals surface area contributed by atoms with Crippen molar-refractivity contribution in [3.8, 4) is 0 Å². The van der Waals surface area contributed by atoms with Crippen LogP contribution in [0.1, 0.15) is 13.3 Å². The molecule has 0 fully saturated rings. The summed E-state index contributed by atoms with van der Waals surface area (Å²) in [5.41, 5.74) is 0.422. The summed E-state index contributed by atoms with van der Waals surface area (Å²) in [6, 6.07) is 6.54. The van der Waals surface area contributed by atoms with Crippen LogP contribution in [0.25, 0.3) is 10.9 Å². The first-order chi connectivity index (χ1) is 12.6. The van der Waals surface area contributed by atoms with E-state index < -0.39 is 11.9 Å². The third kappa shape index (κ3) is 5.30. The van der Waals surface area contributed by atoms with Crippen LogP contribution in [-0.2, 0) is 16.1 Å². The van der Waals surface area contributed by atoms with Crippen LogP contribution in [0, 0.1) is 0 Å². The van der Waals surface area contributed by atoms with Crippen LogP contribution in [0.3, 0.4) is 0 Å². The second-order valence-corrected chi connectivity index (χ2v) is 6.35. The minimum Gasteiger partial charge on any atom is -0.385 e. The summed E-state index contributed by atoms with van der Waals surface area (Å²) in [4.78, 5) is 40.6. The number of thioether (sulfide) groups is 1. The molecule has 2 aromatic rings. The van der Waals surface area contributed by atoms with E-state index in [1.165, 1.54) is 0 Å². The van der Waals surface area contributed by atoms with Gasteiger partial charge in [0.1, 0.15) is 0 Å². The number of amides is 3. The molecule has 1 aromatic carbocycles. The third-order valence-corrected chi connectivity index (χ3v) is 4.46. The number of rotatable bonds is 8. The predicted octanol–water partition coefficient (Wildman–Crippen LogP) is 1.37. The molecule has 0 saturated carbocycles. The fourth-order valence-electron chi connectivity index (χ4n) is 2.32. The van der Waals surface area contributed by atoms with E-state index in [1.54, 1.807) is 42.9 Å². The SMILES string of the molecule is CCNC(=O)NC(=O)CSc1nc2ccccc2c(=O)n1CCCOC. The maximum absolute atomic E-state index is 12.8. The van der Waals surface area contributed by atoms with E-state index in [0.29, 0.717) is 42.2 Å². The first-order valence-electron chi connectivity index (χ1n) is 8.25. The number of methoxy groups -OCH3 is 1. The highest BCUT2D eigenvalue weighted by molar-refractivity contribution is 7.99. The number of para-hydroxylation sites is 1. The molecule has 0 radical (unpaired) electrons. The number of urea groups is 1. The molecule has 3 amide bonds. The van der Waals surface area contributed by atoms with E-state index >= 15 is 0 Å². The summed E-state index contributed by atoms with van der Waals surface area (Å²) < 4.78 is 6.59. The number of fused-ring (bicyclic) bond motifs is 1. The highest BCUT2D eigenvalue weighted by atomic mass is 32.2. The fourth-order valence-corrected chi connectivity index (χ4v) is 3.14. The molecule has 8 nitrogen and oxygen atoms in total. The van der Waals surface area contributed by atoms with Crippen LogP contribution in [-0.4, -0.2) is 47.5 Å². The van der Waals surface area contributed by atoms with Crippen LogP contribution in [0.2, 0.25) is 0 Å². The molecule has 0 aliphatic rings. The zero-order valence-corrected chi connectivity index (χ0v) is 15.6. The van der Waals surface area contributed by atoms with Crippen molar-refractivity contribution in [3.05, 3.63) is 34.6 Å². The van der Waals surface area contributed by atoms with Gasteiger partial charge in [0.05, 0.1) is 16.7 Å². The second kappa shape index (κ2) is 9.93. The number of aromatic nitrogens is 2. The van der Waals surface area contributed by atoms with Gasteiger partial charge in [-0.3, -0.25) is 19.5 Å². The number of nitrogens with one attached hydrogen (secondary N) is 2. The van der Waals surface area contributed by atoms with Gasteiger partial charge in [-0.1, -0.05) is 23.9 Å². The quantitative estimate of drug-likeness (QED) is 0.409. The lowest BCUT2D eigenvalue weighted by molar-refractivity contribution is -0.117. The van der Waals surface area contributed by atoms with E-state index in [0.717, 1.165) is 11.8 Å². The molecule has 140 valence electrons. The fraction of sp³-hybridized carbons (Fsp3) is 0.412. The van der Waals surface area contributed by atoms with Crippen molar-refractivity contribution >= 4 is 34.6 Å². The average molecular weight is 378 g/mol. The minimum atomic E-state index is -0.540. The summed E-state index contributed by atoms with van der Waals surface area (Å²) in [7, 11) is 1.60. The first-order valence-corrected chi connectivity index (χ1v) is 9.24. The van der Waals surface area contributed by atoms with Crippen LogP contribution < -0.4 is 16.2 Å². The van der Waals surface area contributed by atoms with Crippen LogP contribution in [0.4, 0.5) is 4.79 Å². The molecule has 1 heterocycles. The van der Waals surface area contributed by atoms with Gasteiger partial charge in [-0.05, 0) is 25.5 Å². The number of hydrogen-bond donors (Lipinski definition) is 2. The molecule has 0 bridgehead atoms. The van der Waals surface area contributed by atoms with Crippen LogP contribution in [0.15, 0.2) is 34.2 Å². The predicted molar refractivity (Wildman–Crippen MR) is 100 cm³/mol. The number of ether oxygens (including phenoxy) is 1. The van der Waals surface area contributed by atoms with Crippen molar-refractivity contribution < 1.29 is 14.3 Å². The van der Waals surface area contributed by atoms with Crippen molar-refractivity contribution in [2.24, 2.45) is 0 Å². The highest BCUT2D eigenvalue weighted by Crippen LogP contribution is 2.18. The molecule has 0 unspecified atom stereocenters. The van der Waals surface area contributed by atoms with Crippen molar-refractivity contribution in [1.29, 1.82) is 0 Å². The summed E-state index contributed by atoms with van der Waals surface area (Å²) in [5.74, 6) is -0.474. The number of carbonyl (C=O) groups is 2. The van der Waals surface area contributed by atoms with Gasteiger partial charge in [-0.2, -0.15) is 0 Å². The zero-order chi connectivity index (χ0) is 18.9. The normalized spacial score (nSPS) is 10.7. The van der Waals surface area contributed by atoms with Crippen molar-refractivity contribution in [2.45, 2.75) is 25.0 Å². The molecular weight excluding hydrogens is 356 g/mol. The molecule has 0 spiro atoms. The number of hydrogen-bond acceptors (Lipinski definition) is 6. The van der Waals surface area contributed by atoms with Gasteiger partial charge in [0.25, 0.3) is 5.56 Å². The molecule has 9 heteroatoms. The van der Waals surface area contributed by atoms with E-state index in [2.05, 4.69) is 15.6 Å². The van der Waals surface area contributed by atoms with E-state index in [4.69, 9.17) is 4.74 Å². The molecule has 2 N–H and O–H groups in total. The van der Waals surface area contributed by atoms with Gasteiger partial charge in [-0.25, -0.2) is 9.78 Å². The Hall–Kier alpha value is -2.39. The third-order valence-electron chi connectivity index (χ3n) is 3.48. The largest absolute Gasteiger partial charge is 0.385 e. The van der Waals surface area contributed by atoms with Gasteiger partial charge >= 0.3 is 6.03 Å². The van der Waals surface area contributed by atoms with E-state index in [-0.39, 0.29) is 11.3 Å². The highest BCUT2D eigenvalue weighted by Gasteiger charge is 2.14. The first kappa shape index (κ1) is 19.9. The molecule has 1 aromatic heterocycles. The summed E-state index contributed by atoms with van der Waals surface area (Å²) >= 11 is 1.12. The summed E-state index contributed by atoms with van der Waals surface area (Å²) in [6.07, 6.45) is 0.648. The van der Waals surface area contributed by atoms with Gasteiger partial charge in [0.15, 0.2) is 5.16 Å². The molecule has 0 saturated heterocycles. The Balaban J connectivity index is 2.20. The standard InChI is InChI=1S/C17H22N4O4S/c1-3-18-16(24)20-14(22)11-26-17-19-13-8-5-4-7-12(13)15(23)21(17)9-6-10-25-2/h4-5,7-8H,3,6,9-11H2,1-2H3,(H2,18,20,22,24). The maximum atomic E-state index is 12.8. The lowest BCUT2D eigenvalue weighted by Crippen LogP contribution is -2.40. The Morgan fingerprint density at radius 3 is 2.81 bits per heavy atom. The average Bonchev–Trinajstić information content (AvgIpc) is 2.62. The Labute approximate surface area is 155 Å². The molecule has 26 heavy (non-hydrogen) atoms. The van der Waals surface area contributed by atoms with Gasteiger partial charge < -0.3 is 10.1 Å². The topological polar surface area (TPSA) is 102 Å². The zero-order valence-electron chi connectivity index (χ0n) is 14.8. The van der Waals surface area contributed by atoms with Crippen LogP contribution in [0.5, 0.6) is 0 Å². The van der Waals surface area contributed by atoms with Crippen LogP contribution >= 0.6 is 11.8 Å². The number of carbonyl (C=O) groups excluding carboxylic acids is 2. The summed E-state index contributed by atoms with van der Waals surface area (Å²) in [6.45, 7) is 3.14. The minimum absolute atomic E-state index is 0.0216. The van der Waals surface area contributed by atoms with E-state index in [1.807, 2.05) is 0 Å². The lowest BCUT2D eigenvalue weighted by atomic mass is 10.2. The van der Waals surface area contributed by atoms with Crippen molar-refractivity contribution in [1.82, 2.24) is 20.2 Å². The number of benzene rings is 1.